The Hall–Kier alpha value is -1.06. The third-order valence-electron chi connectivity index (χ3n) is 8.83. The highest BCUT2D eigenvalue weighted by molar-refractivity contribution is 5.81. The second-order valence-corrected chi connectivity index (χ2v) is 11.2. The standard InChI is InChI=1S/C26H46O4/c1-18-5-9-22(10-6-18)20(3)13-15-26(25(29)30,17-24(27)28)16-14-21(4)23-11-7-19(2)8-12-23/h18-23H,5-17H2,1-4H3,(H,27,28)(H,29,30). The molecule has 2 rings (SSSR count). The Bertz CT molecular complexity index is 509. The van der Waals surface area contributed by atoms with E-state index in [9.17, 15) is 19.8 Å². The molecular weight excluding hydrogens is 376 g/mol. The van der Waals surface area contributed by atoms with Crippen molar-refractivity contribution < 1.29 is 19.8 Å². The molecule has 0 aromatic carbocycles. The summed E-state index contributed by atoms with van der Waals surface area (Å²) in [5.74, 6) is 2.02. The molecule has 0 amide bonds. The molecule has 2 atom stereocenters. The van der Waals surface area contributed by atoms with Crippen molar-refractivity contribution >= 4 is 11.9 Å². The van der Waals surface area contributed by atoms with Gasteiger partial charge in [0.1, 0.15) is 0 Å². The molecule has 0 aliphatic heterocycles. The van der Waals surface area contributed by atoms with Crippen LogP contribution in [0.4, 0.5) is 0 Å². The minimum atomic E-state index is -1.11. The Morgan fingerprint density at radius 2 is 1.13 bits per heavy atom. The van der Waals surface area contributed by atoms with E-state index in [1.54, 1.807) is 0 Å². The quantitative estimate of drug-likeness (QED) is 0.375. The molecule has 30 heavy (non-hydrogen) atoms. The number of hydrogen-bond donors (Lipinski definition) is 2. The van der Waals surface area contributed by atoms with Crippen molar-refractivity contribution in [3.8, 4) is 0 Å². The summed E-state index contributed by atoms with van der Waals surface area (Å²) in [6, 6.07) is 0. The molecule has 0 saturated heterocycles. The van der Waals surface area contributed by atoms with E-state index in [-0.39, 0.29) is 6.42 Å². The molecule has 0 spiro atoms. The maximum absolute atomic E-state index is 12.4. The van der Waals surface area contributed by atoms with E-state index in [1.165, 1.54) is 51.4 Å². The molecule has 0 aromatic rings. The van der Waals surface area contributed by atoms with E-state index < -0.39 is 17.4 Å². The van der Waals surface area contributed by atoms with E-state index in [0.717, 1.165) is 24.7 Å². The predicted octanol–water partition coefficient (Wildman–Crippen LogP) is 7.02. The van der Waals surface area contributed by atoms with Gasteiger partial charge < -0.3 is 10.2 Å². The molecular formula is C26H46O4. The van der Waals surface area contributed by atoms with Gasteiger partial charge in [-0.05, 0) is 86.9 Å². The van der Waals surface area contributed by atoms with Crippen molar-refractivity contribution in [2.75, 3.05) is 0 Å². The highest BCUT2D eigenvalue weighted by Crippen LogP contribution is 2.42. The van der Waals surface area contributed by atoms with Crippen LogP contribution in [-0.4, -0.2) is 22.2 Å². The number of carboxylic acid groups (broad SMARTS) is 2. The maximum Gasteiger partial charge on any atom is 0.310 e. The molecule has 4 heteroatoms. The zero-order chi connectivity index (χ0) is 22.3. The first-order chi connectivity index (χ1) is 14.1. The summed E-state index contributed by atoms with van der Waals surface area (Å²) in [6.45, 7) is 9.13. The minimum absolute atomic E-state index is 0.245. The van der Waals surface area contributed by atoms with Crippen molar-refractivity contribution in [1.29, 1.82) is 0 Å². The molecule has 2 N–H and O–H groups in total. The van der Waals surface area contributed by atoms with Crippen LogP contribution in [0, 0.1) is 40.9 Å². The number of rotatable bonds is 11. The van der Waals surface area contributed by atoms with Crippen LogP contribution in [0.2, 0.25) is 0 Å². The Balaban J connectivity index is 1.97. The molecule has 2 saturated carbocycles. The van der Waals surface area contributed by atoms with Gasteiger partial charge in [-0.2, -0.15) is 0 Å². The van der Waals surface area contributed by atoms with Gasteiger partial charge in [0.05, 0.1) is 11.8 Å². The number of aliphatic carboxylic acids is 2. The fourth-order valence-electron chi connectivity index (χ4n) is 6.07. The monoisotopic (exact) mass is 422 g/mol. The third-order valence-corrected chi connectivity index (χ3v) is 8.83. The molecule has 2 aliphatic carbocycles. The largest absolute Gasteiger partial charge is 0.481 e. The summed E-state index contributed by atoms with van der Waals surface area (Å²) in [7, 11) is 0. The highest BCUT2D eigenvalue weighted by Gasteiger charge is 2.41. The van der Waals surface area contributed by atoms with Gasteiger partial charge in [0, 0.05) is 0 Å². The summed E-state index contributed by atoms with van der Waals surface area (Å²) in [5, 5.41) is 19.6. The average molecular weight is 423 g/mol. The lowest BCUT2D eigenvalue weighted by Gasteiger charge is -2.36. The molecule has 0 aromatic heterocycles. The van der Waals surface area contributed by atoms with Gasteiger partial charge in [0.2, 0.25) is 0 Å². The van der Waals surface area contributed by atoms with Crippen LogP contribution in [0.15, 0.2) is 0 Å². The van der Waals surface area contributed by atoms with Gasteiger partial charge in [-0.25, -0.2) is 0 Å². The van der Waals surface area contributed by atoms with Crippen molar-refractivity contribution in [2.24, 2.45) is 40.9 Å². The normalized spacial score (nSPS) is 31.5. The van der Waals surface area contributed by atoms with Crippen molar-refractivity contribution in [2.45, 2.75) is 111 Å². The molecule has 0 radical (unpaired) electrons. The van der Waals surface area contributed by atoms with E-state index in [2.05, 4.69) is 27.7 Å². The number of carboxylic acids is 2. The molecule has 0 heterocycles. The Kier molecular flexibility index (Phi) is 9.68. The third kappa shape index (κ3) is 7.27. The van der Waals surface area contributed by atoms with E-state index in [1.807, 2.05) is 0 Å². The van der Waals surface area contributed by atoms with Crippen LogP contribution >= 0.6 is 0 Å². The van der Waals surface area contributed by atoms with Gasteiger partial charge >= 0.3 is 11.9 Å². The van der Waals surface area contributed by atoms with Gasteiger partial charge in [-0.1, -0.05) is 53.4 Å². The van der Waals surface area contributed by atoms with Gasteiger partial charge in [0.25, 0.3) is 0 Å². The Morgan fingerprint density at radius 1 is 0.767 bits per heavy atom. The summed E-state index contributed by atoms with van der Waals surface area (Å²) in [4.78, 5) is 24.0. The lowest BCUT2D eigenvalue weighted by molar-refractivity contribution is -0.157. The fourth-order valence-corrected chi connectivity index (χ4v) is 6.07. The van der Waals surface area contributed by atoms with Crippen LogP contribution in [0.25, 0.3) is 0 Å². The predicted molar refractivity (Wildman–Crippen MR) is 121 cm³/mol. The molecule has 2 aliphatic rings. The van der Waals surface area contributed by atoms with E-state index >= 15 is 0 Å². The van der Waals surface area contributed by atoms with Crippen molar-refractivity contribution in [3.63, 3.8) is 0 Å². The van der Waals surface area contributed by atoms with Gasteiger partial charge in [-0.3, -0.25) is 9.59 Å². The highest BCUT2D eigenvalue weighted by atomic mass is 16.4. The first-order valence-electron chi connectivity index (χ1n) is 12.6. The van der Waals surface area contributed by atoms with Crippen molar-refractivity contribution in [3.05, 3.63) is 0 Å². The van der Waals surface area contributed by atoms with Gasteiger partial charge in [-0.15, -0.1) is 0 Å². The minimum Gasteiger partial charge on any atom is -0.481 e. The van der Waals surface area contributed by atoms with Crippen LogP contribution in [-0.2, 0) is 9.59 Å². The molecule has 174 valence electrons. The van der Waals surface area contributed by atoms with Crippen LogP contribution in [0.1, 0.15) is 111 Å². The molecule has 2 fully saturated rings. The van der Waals surface area contributed by atoms with Gasteiger partial charge in [0.15, 0.2) is 0 Å². The summed E-state index contributed by atoms with van der Waals surface area (Å²) >= 11 is 0. The average Bonchev–Trinajstić information content (AvgIpc) is 2.70. The molecule has 4 nitrogen and oxygen atoms in total. The topological polar surface area (TPSA) is 74.6 Å². The Labute approximate surface area is 184 Å². The summed E-state index contributed by atoms with van der Waals surface area (Å²) in [6.07, 6.45) is 12.4. The SMILES string of the molecule is CC1CCC(C(C)CCC(CCC(C)C2CCC(C)CC2)(CC(=O)O)C(=O)O)CC1. The lowest BCUT2D eigenvalue weighted by Crippen LogP contribution is -2.35. The molecule has 0 bridgehead atoms. The van der Waals surface area contributed by atoms with Crippen molar-refractivity contribution in [1.82, 2.24) is 0 Å². The number of hydrogen-bond acceptors (Lipinski definition) is 2. The first-order valence-corrected chi connectivity index (χ1v) is 12.6. The van der Waals surface area contributed by atoms with Crippen LogP contribution in [0.3, 0.4) is 0 Å². The summed E-state index contributed by atoms with van der Waals surface area (Å²) in [5.41, 5.74) is -1.11. The smallest absolute Gasteiger partial charge is 0.310 e. The van der Waals surface area contributed by atoms with Crippen LogP contribution in [0.5, 0.6) is 0 Å². The lowest BCUT2D eigenvalue weighted by atomic mass is 9.68. The number of carbonyl (C=O) groups is 2. The van der Waals surface area contributed by atoms with E-state index in [4.69, 9.17) is 0 Å². The maximum atomic E-state index is 12.4. The summed E-state index contributed by atoms with van der Waals surface area (Å²) < 4.78 is 0. The molecule has 2 unspecified atom stereocenters. The van der Waals surface area contributed by atoms with E-state index in [0.29, 0.717) is 36.5 Å². The first kappa shape index (κ1) is 25.2. The Morgan fingerprint density at radius 3 is 1.43 bits per heavy atom. The second kappa shape index (κ2) is 11.5. The zero-order valence-corrected chi connectivity index (χ0v) is 19.9. The zero-order valence-electron chi connectivity index (χ0n) is 19.9. The van der Waals surface area contributed by atoms with Crippen LogP contribution < -0.4 is 0 Å². The second-order valence-electron chi connectivity index (χ2n) is 11.2. The fraction of sp³-hybridized carbons (Fsp3) is 0.923.